The maximum Gasteiger partial charge on any atom is 0.230 e. The number of ether oxygens (including phenoxy) is 1. The molecule has 0 bridgehead atoms. The van der Waals surface area contributed by atoms with Crippen LogP contribution < -0.4 is 4.74 Å². The van der Waals surface area contributed by atoms with E-state index in [4.69, 9.17) is 16.3 Å². The summed E-state index contributed by atoms with van der Waals surface area (Å²) >= 11 is 6.15. The van der Waals surface area contributed by atoms with Crippen LogP contribution in [0.1, 0.15) is 17.3 Å². The first kappa shape index (κ1) is 13.5. The molecular weight excluding hydrogens is 288 g/mol. The van der Waals surface area contributed by atoms with Gasteiger partial charge in [0.05, 0.1) is 10.6 Å². The zero-order valence-corrected chi connectivity index (χ0v) is 12.0. The van der Waals surface area contributed by atoms with Gasteiger partial charge in [-0.25, -0.2) is 4.98 Å². The Bertz CT molecular complexity index is 833. The molecule has 5 heteroatoms. The molecule has 0 aliphatic carbocycles. The molecule has 0 saturated heterocycles. The van der Waals surface area contributed by atoms with Gasteiger partial charge in [-0.05, 0) is 43.3 Å². The summed E-state index contributed by atoms with van der Waals surface area (Å²) in [6, 6.07) is 10.5. The van der Waals surface area contributed by atoms with E-state index in [-0.39, 0.29) is 11.7 Å². The van der Waals surface area contributed by atoms with Crippen LogP contribution in [0.5, 0.6) is 11.6 Å². The summed E-state index contributed by atoms with van der Waals surface area (Å²) in [6.07, 6.45) is 3.24. The number of ketones is 1. The Labute approximate surface area is 126 Å². The van der Waals surface area contributed by atoms with Gasteiger partial charge in [0.2, 0.25) is 5.88 Å². The van der Waals surface area contributed by atoms with Crippen molar-refractivity contribution < 1.29 is 9.53 Å². The van der Waals surface area contributed by atoms with Crippen molar-refractivity contribution in [2.24, 2.45) is 0 Å². The third-order valence-corrected chi connectivity index (χ3v) is 3.37. The number of Topliss-reactive ketones (excluding diaryl/α,β-unsaturated/α-hetero) is 1. The number of carbonyl (C=O) groups is 1. The molecule has 2 heterocycles. The van der Waals surface area contributed by atoms with E-state index in [2.05, 4.69) is 9.97 Å². The summed E-state index contributed by atoms with van der Waals surface area (Å²) < 4.78 is 5.79. The van der Waals surface area contributed by atoms with Crippen molar-refractivity contribution in [1.82, 2.24) is 9.97 Å². The van der Waals surface area contributed by atoms with Gasteiger partial charge in [-0.15, -0.1) is 0 Å². The second-order valence-electron chi connectivity index (χ2n) is 4.46. The van der Waals surface area contributed by atoms with Gasteiger partial charge < -0.3 is 4.74 Å². The first-order chi connectivity index (χ1) is 10.2. The Balaban J connectivity index is 2.11. The highest BCUT2D eigenvalue weighted by molar-refractivity contribution is 6.35. The monoisotopic (exact) mass is 298 g/mol. The number of hydrogen-bond donors (Lipinski definition) is 0. The molecule has 0 fully saturated rings. The van der Waals surface area contributed by atoms with Gasteiger partial charge in [-0.2, -0.15) is 0 Å². The van der Waals surface area contributed by atoms with Gasteiger partial charge >= 0.3 is 0 Å². The zero-order chi connectivity index (χ0) is 14.8. The van der Waals surface area contributed by atoms with E-state index in [1.807, 2.05) is 6.07 Å². The number of fused-ring (bicyclic) bond motifs is 1. The molecule has 21 heavy (non-hydrogen) atoms. The van der Waals surface area contributed by atoms with E-state index in [9.17, 15) is 4.79 Å². The van der Waals surface area contributed by atoms with Crippen molar-refractivity contribution in [1.29, 1.82) is 0 Å². The Morgan fingerprint density at radius 2 is 1.86 bits per heavy atom. The highest BCUT2D eigenvalue weighted by Gasteiger charge is 2.13. The van der Waals surface area contributed by atoms with Crippen LogP contribution in [0.3, 0.4) is 0 Å². The lowest BCUT2D eigenvalue weighted by atomic mass is 10.2. The Morgan fingerprint density at radius 1 is 1.10 bits per heavy atom. The first-order valence-electron chi connectivity index (χ1n) is 6.34. The summed E-state index contributed by atoms with van der Waals surface area (Å²) in [5.74, 6) is 0.666. The maximum atomic E-state index is 11.6. The standard InChI is InChI=1S/C16H11ClN2O2/c1-10(20)11-4-2-9-19-16(11)21-14-7-6-13(17)12-5-3-8-18-15(12)14/h2-9H,1H3. The molecular formula is C16H11ClN2O2. The Kier molecular flexibility index (Phi) is 3.54. The molecule has 0 saturated carbocycles. The van der Waals surface area contributed by atoms with Crippen molar-refractivity contribution in [2.45, 2.75) is 6.92 Å². The molecule has 3 rings (SSSR count). The third kappa shape index (κ3) is 2.58. The van der Waals surface area contributed by atoms with Crippen LogP contribution in [0.25, 0.3) is 10.9 Å². The van der Waals surface area contributed by atoms with E-state index in [1.54, 1.807) is 42.7 Å². The van der Waals surface area contributed by atoms with Crippen molar-refractivity contribution in [3.05, 3.63) is 59.4 Å². The van der Waals surface area contributed by atoms with E-state index in [1.165, 1.54) is 6.92 Å². The number of nitrogens with zero attached hydrogens (tertiary/aromatic N) is 2. The second kappa shape index (κ2) is 5.50. The largest absolute Gasteiger partial charge is 0.436 e. The van der Waals surface area contributed by atoms with E-state index < -0.39 is 0 Å². The molecule has 3 aromatic rings. The molecule has 4 nitrogen and oxygen atoms in total. The molecule has 0 amide bonds. The van der Waals surface area contributed by atoms with Crippen LogP contribution in [0.2, 0.25) is 5.02 Å². The highest BCUT2D eigenvalue weighted by Crippen LogP contribution is 2.33. The van der Waals surface area contributed by atoms with Gasteiger partial charge in [-0.3, -0.25) is 9.78 Å². The van der Waals surface area contributed by atoms with Crippen LogP contribution >= 0.6 is 11.6 Å². The van der Waals surface area contributed by atoms with Gasteiger partial charge in [0, 0.05) is 17.8 Å². The molecule has 2 aromatic heterocycles. The molecule has 1 aromatic carbocycles. The van der Waals surface area contributed by atoms with Crippen molar-refractivity contribution in [3.63, 3.8) is 0 Å². The number of aromatic nitrogens is 2. The zero-order valence-electron chi connectivity index (χ0n) is 11.2. The molecule has 0 aliphatic rings. The van der Waals surface area contributed by atoms with Crippen molar-refractivity contribution in [2.75, 3.05) is 0 Å². The van der Waals surface area contributed by atoms with Gasteiger partial charge in [0.15, 0.2) is 11.5 Å². The highest BCUT2D eigenvalue weighted by atomic mass is 35.5. The minimum absolute atomic E-state index is 0.107. The molecule has 0 N–H and O–H groups in total. The van der Waals surface area contributed by atoms with Crippen molar-refractivity contribution >= 4 is 28.3 Å². The molecule has 0 unspecified atom stereocenters. The lowest BCUT2D eigenvalue weighted by Crippen LogP contribution is -1.99. The van der Waals surface area contributed by atoms with Gasteiger partial charge in [0.25, 0.3) is 0 Å². The number of hydrogen-bond acceptors (Lipinski definition) is 4. The average molecular weight is 299 g/mol. The smallest absolute Gasteiger partial charge is 0.230 e. The molecule has 0 radical (unpaired) electrons. The predicted octanol–water partition coefficient (Wildman–Crippen LogP) is 4.28. The molecule has 0 spiro atoms. The Morgan fingerprint density at radius 3 is 2.67 bits per heavy atom. The van der Waals surface area contributed by atoms with Crippen molar-refractivity contribution in [3.8, 4) is 11.6 Å². The second-order valence-corrected chi connectivity index (χ2v) is 4.87. The summed E-state index contributed by atoms with van der Waals surface area (Å²) in [5.41, 5.74) is 1.06. The molecule has 0 aliphatic heterocycles. The fourth-order valence-corrected chi connectivity index (χ4v) is 2.25. The Hall–Kier alpha value is -2.46. The SMILES string of the molecule is CC(=O)c1cccnc1Oc1ccc(Cl)c2cccnc12. The lowest BCUT2D eigenvalue weighted by Gasteiger charge is -2.10. The topological polar surface area (TPSA) is 52.1 Å². The molecule has 104 valence electrons. The number of pyridine rings is 2. The quantitative estimate of drug-likeness (QED) is 0.677. The number of rotatable bonds is 3. The van der Waals surface area contributed by atoms with E-state index in [0.29, 0.717) is 21.9 Å². The van der Waals surface area contributed by atoms with E-state index >= 15 is 0 Å². The van der Waals surface area contributed by atoms with Crippen LogP contribution in [0.4, 0.5) is 0 Å². The fraction of sp³-hybridized carbons (Fsp3) is 0.0625. The maximum absolute atomic E-state index is 11.6. The van der Waals surface area contributed by atoms with Gasteiger partial charge in [0.1, 0.15) is 5.52 Å². The van der Waals surface area contributed by atoms with E-state index in [0.717, 1.165) is 5.39 Å². The van der Waals surface area contributed by atoms with Gasteiger partial charge in [-0.1, -0.05) is 11.6 Å². The fourth-order valence-electron chi connectivity index (χ4n) is 2.04. The first-order valence-corrected chi connectivity index (χ1v) is 6.71. The lowest BCUT2D eigenvalue weighted by molar-refractivity contribution is 0.101. The minimum Gasteiger partial charge on any atom is -0.436 e. The number of benzene rings is 1. The van der Waals surface area contributed by atoms with Crippen LogP contribution in [-0.2, 0) is 0 Å². The number of halogens is 1. The summed E-state index contributed by atoms with van der Waals surface area (Å²) in [4.78, 5) is 20.0. The third-order valence-electron chi connectivity index (χ3n) is 3.04. The minimum atomic E-state index is -0.107. The number of carbonyl (C=O) groups excluding carboxylic acids is 1. The summed E-state index contributed by atoms with van der Waals surface area (Å²) in [6.45, 7) is 1.47. The molecule has 0 atom stereocenters. The predicted molar refractivity (Wildman–Crippen MR) is 81.1 cm³/mol. The van der Waals surface area contributed by atoms with Crippen LogP contribution in [0.15, 0.2) is 48.8 Å². The summed E-state index contributed by atoms with van der Waals surface area (Å²) in [7, 11) is 0. The summed E-state index contributed by atoms with van der Waals surface area (Å²) in [5, 5.41) is 1.38. The average Bonchev–Trinajstić information content (AvgIpc) is 2.51. The normalized spacial score (nSPS) is 10.6. The van der Waals surface area contributed by atoms with Crippen LogP contribution in [0, 0.1) is 0 Å². The van der Waals surface area contributed by atoms with Crippen LogP contribution in [-0.4, -0.2) is 15.8 Å².